The van der Waals surface area contributed by atoms with Crippen LogP contribution in [0.2, 0.25) is 0 Å². The van der Waals surface area contributed by atoms with Crippen LogP contribution in [0.15, 0.2) is 36.4 Å². The number of hydrogen-bond acceptors (Lipinski definition) is 7. The third-order valence-corrected chi connectivity index (χ3v) is 7.53. The second-order valence-corrected chi connectivity index (χ2v) is 9.66. The average molecular weight is 497 g/mol. The monoisotopic (exact) mass is 496 g/mol. The molecule has 35 heavy (non-hydrogen) atoms. The first kappa shape index (κ1) is 24.7. The van der Waals surface area contributed by atoms with E-state index >= 15 is 0 Å². The molecule has 0 fully saturated rings. The van der Waals surface area contributed by atoms with Crippen LogP contribution in [0.4, 0.5) is 10.7 Å². The van der Waals surface area contributed by atoms with Gasteiger partial charge in [0.2, 0.25) is 5.75 Å². The van der Waals surface area contributed by atoms with Gasteiger partial charge in [-0.1, -0.05) is 19.1 Å². The molecule has 0 saturated carbocycles. The van der Waals surface area contributed by atoms with Gasteiger partial charge in [0.15, 0.2) is 11.5 Å². The summed E-state index contributed by atoms with van der Waals surface area (Å²) in [6.07, 6.45) is 2.95. The maximum absolute atomic E-state index is 13.6. The number of fused-ring (bicyclic) bond motifs is 1. The Labute approximate surface area is 210 Å². The quantitative estimate of drug-likeness (QED) is 0.392. The average Bonchev–Trinajstić information content (AvgIpc) is 3.24. The van der Waals surface area contributed by atoms with E-state index in [-0.39, 0.29) is 5.91 Å². The highest BCUT2D eigenvalue weighted by Crippen LogP contribution is 2.43. The van der Waals surface area contributed by atoms with Crippen LogP contribution < -0.4 is 29.6 Å². The van der Waals surface area contributed by atoms with Crippen molar-refractivity contribution in [2.24, 2.45) is 5.92 Å². The number of anilines is 2. The Morgan fingerprint density at radius 2 is 1.71 bits per heavy atom. The minimum absolute atomic E-state index is 0.136. The van der Waals surface area contributed by atoms with Crippen LogP contribution in [0.25, 0.3) is 0 Å². The van der Waals surface area contributed by atoms with Crippen molar-refractivity contribution in [2.45, 2.75) is 32.7 Å². The molecule has 8 heteroatoms. The molecule has 1 atom stereocenters. The number of carbonyl (C=O) groups is 1. The summed E-state index contributed by atoms with van der Waals surface area (Å²) in [5.41, 5.74) is 3.40. The molecule has 4 rings (SSSR count). The van der Waals surface area contributed by atoms with Gasteiger partial charge in [-0.25, -0.2) is 0 Å². The Balaban J connectivity index is 1.66. The van der Waals surface area contributed by atoms with Crippen LogP contribution in [0.5, 0.6) is 23.0 Å². The molecule has 0 unspecified atom stereocenters. The molecule has 1 heterocycles. The molecule has 0 radical (unpaired) electrons. The zero-order valence-electron chi connectivity index (χ0n) is 20.8. The first-order chi connectivity index (χ1) is 17.0. The maximum Gasteiger partial charge on any atom is 0.259 e. The summed E-state index contributed by atoms with van der Waals surface area (Å²) in [6, 6.07) is 11.2. The van der Waals surface area contributed by atoms with Gasteiger partial charge in [0, 0.05) is 17.0 Å². The van der Waals surface area contributed by atoms with Gasteiger partial charge in [0.1, 0.15) is 10.8 Å². The van der Waals surface area contributed by atoms with Gasteiger partial charge < -0.3 is 29.6 Å². The zero-order valence-corrected chi connectivity index (χ0v) is 21.6. The summed E-state index contributed by atoms with van der Waals surface area (Å²) in [4.78, 5) is 14.8. The molecule has 0 saturated heterocycles. The van der Waals surface area contributed by atoms with E-state index in [9.17, 15) is 4.79 Å². The van der Waals surface area contributed by atoms with Crippen LogP contribution in [-0.2, 0) is 19.4 Å². The molecule has 7 nitrogen and oxygen atoms in total. The lowest BCUT2D eigenvalue weighted by atomic mass is 9.88. The number of thiophene rings is 1. The summed E-state index contributed by atoms with van der Waals surface area (Å²) in [6.45, 7) is 2.73. The van der Waals surface area contributed by atoms with E-state index in [1.54, 1.807) is 39.8 Å². The van der Waals surface area contributed by atoms with E-state index in [0.29, 0.717) is 46.7 Å². The summed E-state index contributed by atoms with van der Waals surface area (Å²) >= 11 is 1.66. The smallest absolute Gasteiger partial charge is 0.259 e. The number of methoxy groups -OCH3 is 4. The summed E-state index contributed by atoms with van der Waals surface area (Å²) in [7, 11) is 6.39. The molecule has 2 N–H and O–H groups in total. The van der Waals surface area contributed by atoms with E-state index in [4.69, 9.17) is 18.9 Å². The lowest BCUT2D eigenvalue weighted by Crippen LogP contribution is -2.18. The van der Waals surface area contributed by atoms with Gasteiger partial charge in [0.25, 0.3) is 5.91 Å². The van der Waals surface area contributed by atoms with Gasteiger partial charge in [0.05, 0.1) is 39.7 Å². The third-order valence-electron chi connectivity index (χ3n) is 6.32. The topological polar surface area (TPSA) is 78.1 Å². The molecule has 186 valence electrons. The van der Waals surface area contributed by atoms with Gasteiger partial charge in [-0.15, -0.1) is 11.3 Å². The summed E-state index contributed by atoms with van der Waals surface area (Å²) in [5.74, 6) is 2.85. The fourth-order valence-electron chi connectivity index (χ4n) is 4.53. The zero-order chi connectivity index (χ0) is 24.9. The highest BCUT2D eigenvalue weighted by atomic mass is 32.1. The van der Waals surface area contributed by atoms with E-state index in [0.717, 1.165) is 35.4 Å². The molecule has 1 aliphatic carbocycles. The number of rotatable bonds is 9. The first-order valence-electron chi connectivity index (χ1n) is 11.6. The number of benzene rings is 2. The number of carbonyl (C=O) groups excluding carboxylic acids is 1. The molecule has 2 aromatic carbocycles. The number of amides is 1. The molecule has 1 aromatic heterocycles. The van der Waals surface area contributed by atoms with Crippen molar-refractivity contribution in [2.75, 3.05) is 39.1 Å². The number of ether oxygens (including phenoxy) is 4. The minimum atomic E-state index is -0.136. The SMILES string of the molecule is COc1ccccc1NC(=O)c1c(NCc2ccc(OC)c(OC)c2OC)sc2c1CC[C@H](C)C2. The Hall–Kier alpha value is -3.39. The summed E-state index contributed by atoms with van der Waals surface area (Å²) in [5, 5.41) is 7.43. The maximum atomic E-state index is 13.6. The van der Waals surface area contributed by atoms with E-state index < -0.39 is 0 Å². The van der Waals surface area contributed by atoms with E-state index in [1.165, 1.54) is 4.88 Å². The van der Waals surface area contributed by atoms with Crippen molar-refractivity contribution in [1.82, 2.24) is 0 Å². The Morgan fingerprint density at radius 3 is 2.43 bits per heavy atom. The third kappa shape index (κ3) is 5.03. The lowest BCUT2D eigenvalue weighted by Gasteiger charge is -2.19. The Morgan fingerprint density at radius 1 is 0.971 bits per heavy atom. The molecule has 1 aliphatic rings. The highest BCUT2D eigenvalue weighted by Gasteiger charge is 2.28. The van der Waals surface area contributed by atoms with Crippen molar-refractivity contribution >= 4 is 27.9 Å². The molecule has 0 aliphatic heterocycles. The predicted octanol–water partition coefficient (Wildman–Crippen LogP) is 5.77. The van der Waals surface area contributed by atoms with Crippen LogP contribution in [0.3, 0.4) is 0 Å². The van der Waals surface area contributed by atoms with Crippen molar-refractivity contribution < 1.29 is 23.7 Å². The fraction of sp³-hybridized carbons (Fsp3) is 0.370. The van der Waals surface area contributed by atoms with Crippen LogP contribution in [-0.4, -0.2) is 34.3 Å². The van der Waals surface area contributed by atoms with Gasteiger partial charge in [-0.05, 0) is 55.0 Å². The normalized spacial score (nSPS) is 14.6. The number of hydrogen-bond donors (Lipinski definition) is 2. The highest BCUT2D eigenvalue weighted by molar-refractivity contribution is 7.16. The molecule has 1 amide bonds. The molecule has 0 bridgehead atoms. The van der Waals surface area contributed by atoms with Crippen LogP contribution in [0, 0.1) is 5.92 Å². The minimum Gasteiger partial charge on any atom is -0.495 e. The van der Waals surface area contributed by atoms with Crippen molar-refractivity contribution in [3.8, 4) is 23.0 Å². The van der Waals surface area contributed by atoms with E-state index in [1.807, 2.05) is 36.4 Å². The molecular formula is C27H32N2O5S. The van der Waals surface area contributed by atoms with Crippen LogP contribution in [0.1, 0.15) is 39.7 Å². The lowest BCUT2D eigenvalue weighted by molar-refractivity contribution is 0.102. The number of nitrogens with one attached hydrogen (secondary N) is 2. The standard InChI is InChI=1S/C27H32N2O5S/c1-16-10-12-18-22(14-16)35-27(23(18)26(30)29-19-8-6-7-9-20(19)31-2)28-15-17-11-13-21(32-3)25(34-5)24(17)33-4/h6-9,11,13,16,28H,10,12,14-15H2,1-5H3,(H,29,30)/t16-/m0/s1. The first-order valence-corrected chi connectivity index (χ1v) is 12.4. The van der Waals surface area contributed by atoms with Crippen LogP contribution >= 0.6 is 11.3 Å². The molecule has 3 aromatic rings. The fourth-order valence-corrected chi connectivity index (χ4v) is 5.93. The van der Waals surface area contributed by atoms with Crippen molar-refractivity contribution in [1.29, 1.82) is 0 Å². The Bertz CT molecular complexity index is 1210. The van der Waals surface area contributed by atoms with Crippen molar-refractivity contribution in [3.63, 3.8) is 0 Å². The largest absolute Gasteiger partial charge is 0.495 e. The number of para-hydroxylation sites is 2. The second kappa shape index (κ2) is 10.9. The van der Waals surface area contributed by atoms with Gasteiger partial charge in [-0.3, -0.25) is 4.79 Å². The van der Waals surface area contributed by atoms with E-state index in [2.05, 4.69) is 17.6 Å². The Kier molecular flexibility index (Phi) is 7.70. The summed E-state index contributed by atoms with van der Waals surface area (Å²) < 4.78 is 22.0. The van der Waals surface area contributed by atoms with Gasteiger partial charge in [-0.2, -0.15) is 0 Å². The molecular weight excluding hydrogens is 464 g/mol. The second-order valence-electron chi connectivity index (χ2n) is 8.56. The predicted molar refractivity (Wildman–Crippen MR) is 140 cm³/mol. The molecule has 0 spiro atoms. The van der Waals surface area contributed by atoms with Gasteiger partial charge >= 0.3 is 0 Å². The van der Waals surface area contributed by atoms with Crippen molar-refractivity contribution in [3.05, 3.63) is 58.0 Å².